The van der Waals surface area contributed by atoms with Gasteiger partial charge in [-0.1, -0.05) is 48.5 Å². The largest absolute Gasteiger partial charge is 0.483 e. The van der Waals surface area contributed by atoms with Gasteiger partial charge in [0.1, 0.15) is 5.75 Å². The first-order chi connectivity index (χ1) is 16.0. The molecule has 33 heavy (non-hydrogen) atoms. The number of hydrazine groups is 1. The molecule has 0 saturated heterocycles. The van der Waals surface area contributed by atoms with Gasteiger partial charge in [-0.2, -0.15) is 0 Å². The highest BCUT2D eigenvalue weighted by atomic mass is 32.1. The van der Waals surface area contributed by atoms with Crippen LogP contribution in [0.15, 0.2) is 78.9 Å². The number of carbonyl (C=O) groups is 3. The van der Waals surface area contributed by atoms with Crippen LogP contribution in [0.2, 0.25) is 0 Å². The van der Waals surface area contributed by atoms with Gasteiger partial charge in [-0.15, -0.1) is 0 Å². The van der Waals surface area contributed by atoms with E-state index >= 15 is 0 Å². The van der Waals surface area contributed by atoms with Crippen LogP contribution in [0, 0.1) is 0 Å². The second kappa shape index (κ2) is 11.4. The average molecular weight is 464 g/mol. The molecule has 0 aliphatic rings. The molecule has 0 heterocycles. The Morgan fingerprint density at radius 3 is 2.15 bits per heavy atom. The normalized spacial score (nSPS) is 9.97. The van der Waals surface area contributed by atoms with Gasteiger partial charge in [0, 0.05) is 11.1 Å². The van der Waals surface area contributed by atoms with E-state index in [9.17, 15) is 14.4 Å². The molecule has 3 N–H and O–H groups in total. The van der Waals surface area contributed by atoms with Crippen molar-refractivity contribution >= 4 is 35.1 Å². The number of para-hydroxylation sites is 1. The van der Waals surface area contributed by atoms with Crippen LogP contribution in [-0.4, -0.2) is 36.6 Å². The van der Waals surface area contributed by atoms with E-state index < -0.39 is 17.8 Å². The van der Waals surface area contributed by atoms with Crippen LogP contribution >= 0.6 is 12.2 Å². The minimum Gasteiger partial charge on any atom is -0.483 e. The van der Waals surface area contributed by atoms with Gasteiger partial charge < -0.3 is 9.47 Å². The Morgan fingerprint density at radius 1 is 0.818 bits per heavy atom. The van der Waals surface area contributed by atoms with E-state index in [1.54, 1.807) is 6.07 Å². The number of esters is 1. The number of hydrogen-bond acceptors (Lipinski definition) is 6. The maximum atomic E-state index is 12.2. The van der Waals surface area contributed by atoms with Crippen molar-refractivity contribution in [3.05, 3.63) is 90.0 Å². The van der Waals surface area contributed by atoms with E-state index in [1.165, 1.54) is 31.4 Å². The molecule has 8 nitrogen and oxygen atoms in total. The smallest absolute Gasteiger partial charge is 0.337 e. The molecule has 168 valence electrons. The summed E-state index contributed by atoms with van der Waals surface area (Å²) in [6, 6.07) is 22.9. The number of amides is 2. The topological polar surface area (TPSA) is 106 Å². The number of thiocarbonyl (C=S) groups is 1. The highest BCUT2D eigenvalue weighted by Gasteiger charge is 2.12. The summed E-state index contributed by atoms with van der Waals surface area (Å²) in [6.45, 7) is -0.262. The molecule has 9 heteroatoms. The van der Waals surface area contributed by atoms with Gasteiger partial charge >= 0.3 is 5.97 Å². The lowest BCUT2D eigenvalue weighted by molar-refractivity contribution is -0.123. The van der Waals surface area contributed by atoms with Crippen molar-refractivity contribution in [2.45, 2.75) is 0 Å². The van der Waals surface area contributed by atoms with Crippen molar-refractivity contribution in [1.82, 2.24) is 16.2 Å². The summed E-state index contributed by atoms with van der Waals surface area (Å²) in [5.74, 6) is -0.941. The summed E-state index contributed by atoms with van der Waals surface area (Å²) in [6.07, 6.45) is 0. The van der Waals surface area contributed by atoms with E-state index in [0.29, 0.717) is 11.3 Å². The molecule has 2 amide bonds. The zero-order valence-electron chi connectivity index (χ0n) is 17.7. The molecule has 3 aromatic rings. The highest BCUT2D eigenvalue weighted by Crippen LogP contribution is 2.29. The van der Waals surface area contributed by atoms with E-state index in [0.717, 1.165) is 11.1 Å². The summed E-state index contributed by atoms with van der Waals surface area (Å²) in [4.78, 5) is 35.8. The van der Waals surface area contributed by atoms with Gasteiger partial charge in [-0.25, -0.2) is 4.79 Å². The SMILES string of the molecule is COC(=O)c1ccc(C(=O)NC(=S)NNC(=O)COc2ccccc2-c2ccccc2)cc1. The molecule has 3 rings (SSSR count). The molecule has 0 saturated carbocycles. The fourth-order valence-corrected chi connectivity index (χ4v) is 2.98. The van der Waals surface area contributed by atoms with Crippen LogP contribution < -0.4 is 20.9 Å². The number of carbonyl (C=O) groups excluding carboxylic acids is 3. The Kier molecular flexibility index (Phi) is 8.09. The number of hydrogen-bond donors (Lipinski definition) is 3. The van der Waals surface area contributed by atoms with Crippen molar-refractivity contribution < 1.29 is 23.9 Å². The molecular formula is C24H21N3O5S. The van der Waals surface area contributed by atoms with Gasteiger partial charge in [0.25, 0.3) is 11.8 Å². The molecule has 0 bridgehead atoms. The molecule has 0 fully saturated rings. The molecule has 0 spiro atoms. The van der Waals surface area contributed by atoms with E-state index in [2.05, 4.69) is 20.9 Å². The standard InChI is InChI=1S/C24H21N3O5S/c1-31-23(30)18-13-11-17(12-14-18)22(29)25-24(33)27-26-21(28)15-32-20-10-6-5-9-19(20)16-7-3-2-4-8-16/h2-14H,15H2,1H3,(H,26,28)(H2,25,27,29,33). The van der Waals surface area contributed by atoms with Gasteiger partial charge in [-0.3, -0.25) is 25.8 Å². The first-order valence-corrected chi connectivity index (χ1v) is 10.2. The van der Waals surface area contributed by atoms with Gasteiger partial charge in [0.2, 0.25) is 0 Å². The van der Waals surface area contributed by atoms with Crippen LogP contribution in [0.4, 0.5) is 0 Å². The number of ether oxygens (including phenoxy) is 2. The first kappa shape index (κ1) is 23.4. The van der Waals surface area contributed by atoms with Crippen LogP contribution in [0.5, 0.6) is 5.75 Å². The third-order valence-electron chi connectivity index (χ3n) is 4.44. The summed E-state index contributed by atoms with van der Waals surface area (Å²) in [7, 11) is 1.27. The van der Waals surface area contributed by atoms with Crippen LogP contribution in [-0.2, 0) is 9.53 Å². The first-order valence-electron chi connectivity index (χ1n) is 9.83. The van der Waals surface area contributed by atoms with Crippen LogP contribution in [0.25, 0.3) is 11.1 Å². The molecule has 0 radical (unpaired) electrons. The Labute approximate surface area is 195 Å². The number of benzene rings is 3. The summed E-state index contributed by atoms with van der Waals surface area (Å²) < 4.78 is 10.3. The molecule has 0 aliphatic heterocycles. The third-order valence-corrected chi connectivity index (χ3v) is 4.65. The van der Waals surface area contributed by atoms with Crippen molar-refractivity contribution in [1.29, 1.82) is 0 Å². The number of nitrogens with one attached hydrogen (secondary N) is 3. The molecule has 0 aromatic heterocycles. The third kappa shape index (κ3) is 6.62. The Bertz CT molecular complexity index is 1150. The van der Waals surface area contributed by atoms with E-state index in [1.807, 2.05) is 48.5 Å². The minimum absolute atomic E-state index is 0.102. The second-order valence-corrected chi connectivity index (χ2v) is 7.08. The zero-order valence-corrected chi connectivity index (χ0v) is 18.5. The average Bonchev–Trinajstić information content (AvgIpc) is 2.86. The Balaban J connectivity index is 1.47. The van der Waals surface area contributed by atoms with Crippen LogP contribution in [0.1, 0.15) is 20.7 Å². The van der Waals surface area contributed by atoms with Crippen molar-refractivity contribution in [2.24, 2.45) is 0 Å². The molecule has 0 atom stereocenters. The van der Waals surface area contributed by atoms with Crippen molar-refractivity contribution in [3.8, 4) is 16.9 Å². The number of rotatable bonds is 6. The monoisotopic (exact) mass is 463 g/mol. The lowest BCUT2D eigenvalue weighted by atomic mass is 10.1. The van der Waals surface area contributed by atoms with E-state index in [4.69, 9.17) is 17.0 Å². The molecule has 0 unspecified atom stereocenters. The minimum atomic E-state index is -0.508. The Morgan fingerprint density at radius 2 is 1.45 bits per heavy atom. The lowest BCUT2D eigenvalue weighted by Crippen LogP contribution is -2.49. The quantitative estimate of drug-likeness (QED) is 0.293. The molecular weight excluding hydrogens is 442 g/mol. The summed E-state index contributed by atoms with van der Waals surface area (Å²) in [5, 5.41) is 2.33. The summed E-state index contributed by atoms with van der Waals surface area (Å²) in [5.41, 5.74) is 7.24. The zero-order chi connectivity index (χ0) is 23.6. The summed E-state index contributed by atoms with van der Waals surface area (Å²) >= 11 is 5.02. The Hall–Kier alpha value is -4.24. The van der Waals surface area contributed by atoms with Crippen molar-refractivity contribution in [3.63, 3.8) is 0 Å². The van der Waals surface area contributed by atoms with E-state index in [-0.39, 0.29) is 17.3 Å². The van der Waals surface area contributed by atoms with Gasteiger partial charge in [0.05, 0.1) is 12.7 Å². The fraction of sp³-hybridized carbons (Fsp3) is 0.0833. The maximum Gasteiger partial charge on any atom is 0.337 e. The fourth-order valence-electron chi connectivity index (χ4n) is 2.84. The predicted molar refractivity (Wildman–Crippen MR) is 126 cm³/mol. The van der Waals surface area contributed by atoms with Crippen molar-refractivity contribution in [2.75, 3.05) is 13.7 Å². The lowest BCUT2D eigenvalue weighted by Gasteiger charge is -2.13. The second-order valence-electron chi connectivity index (χ2n) is 6.68. The highest BCUT2D eigenvalue weighted by molar-refractivity contribution is 7.80. The predicted octanol–water partition coefficient (Wildman–Crippen LogP) is 2.85. The van der Waals surface area contributed by atoms with Gasteiger partial charge in [0.15, 0.2) is 11.7 Å². The van der Waals surface area contributed by atoms with Gasteiger partial charge in [-0.05, 0) is 48.1 Å². The maximum absolute atomic E-state index is 12.2. The van der Waals surface area contributed by atoms with Crippen LogP contribution in [0.3, 0.4) is 0 Å². The number of methoxy groups -OCH3 is 1. The molecule has 3 aromatic carbocycles. The molecule has 0 aliphatic carbocycles.